The number of urea groups is 1. The van der Waals surface area contributed by atoms with E-state index in [-0.39, 0.29) is 11.9 Å². The minimum absolute atomic E-state index is 0.00872. The minimum atomic E-state index is -0.180. The van der Waals surface area contributed by atoms with Gasteiger partial charge in [0.15, 0.2) is 0 Å². The number of anilines is 2. The molecule has 5 nitrogen and oxygen atoms in total. The monoisotopic (exact) mass is 329 g/mol. The van der Waals surface area contributed by atoms with Gasteiger partial charge in [-0.15, -0.1) is 11.3 Å². The molecule has 0 aliphatic heterocycles. The summed E-state index contributed by atoms with van der Waals surface area (Å²) < 4.78 is 0. The van der Waals surface area contributed by atoms with Gasteiger partial charge in [0.1, 0.15) is 0 Å². The average molecular weight is 329 g/mol. The first-order valence-electron chi connectivity index (χ1n) is 7.69. The summed E-state index contributed by atoms with van der Waals surface area (Å²) in [4.78, 5) is 24.8. The Kier molecular flexibility index (Phi) is 4.92. The van der Waals surface area contributed by atoms with Gasteiger partial charge in [-0.1, -0.05) is 6.07 Å². The molecule has 23 heavy (non-hydrogen) atoms. The van der Waals surface area contributed by atoms with Gasteiger partial charge in [-0.2, -0.15) is 0 Å². The van der Waals surface area contributed by atoms with Crippen LogP contribution in [-0.4, -0.2) is 18.0 Å². The van der Waals surface area contributed by atoms with Crippen molar-refractivity contribution in [3.05, 3.63) is 46.7 Å². The highest BCUT2D eigenvalue weighted by molar-refractivity contribution is 7.09. The molecule has 1 aliphatic rings. The number of amides is 3. The molecule has 0 atom stereocenters. The molecule has 3 N–H and O–H groups in total. The molecule has 1 aromatic carbocycles. The largest absolute Gasteiger partial charge is 0.335 e. The Morgan fingerprint density at radius 2 is 1.74 bits per heavy atom. The van der Waals surface area contributed by atoms with E-state index in [0.29, 0.717) is 18.2 Å². The second kappa shape index (κ2) is 7.28. The standard InChI is InChI=1S/C17H19N3O2S/c21-16(10-9-15-2-1-11-23-15)18-12-3-5-13(6-4-12)19-17(22)20-14-7-8-14/h1-6,11,14H,7-10H2,(H,18,21)(H2,19,20,22). The van der Waals surface area contributed by atoms with E-state index in [4.69, 9.17) is 0 Å². The molecule has 0 spiro atoms. The number of aryl methyl sites for hydroxylation is 1. The summed E-state index contributed by atoms with van der Waals surface area (Å²) in [7, 11) is 0. The van der Waals surface area contributed by atoms with Crippen LogP contribution in [-0.2, 0) is 11.2 Å². The third-order valence-electron chi connectivity index (χ3n) is 3.52. The Labute approximate surface area is 139 Å². The van der Waals surface area contributed by atoms with Crippen LogP contribution in [0.1, 0.15) is 24.1 Å². The lowest BCUT2D eigenvalue weighted by atomic mass is 10.2. The predicted octanol–water partition coefficient (Wildman–Crippen LogP) is 3.60. The Morgan fingerprint density at radius 3 is 2.35 bits per heavy atom. The molecule has 0 unspecified atom stereocenters. The summed E-state index contributed by atoms with van der Waals surface area (Å²) in [6, 6.07) is 11.3. The molecule has 120 valence electrons. The Morgan fingerprint density at radius 1 is 1.04 bits per heavy atom. The summed E-state index contributed by atoms with van der Waals surface area (Å²) in [5.74, 6) is -0.00872. The number of thiophene rings is 1. The Bertz CT molecular complexity index is 664. The van der Waals surface area contributed by atoms with Crippen molar-refractivity contribution >= 4 is 34.6 Å². The third-order valence-corrected chi connectivity index (χ3v) is 4.45. The fraction of sp³-hybridized carbons (Fsp3) is 0.294. The first kappa shape index (κ1) is 15.6. The van der Waals surface area contributed by atoms with Gasteiger partial charge >= 0.3 is 6.03 Å². The number of benzene rings is 1. The van der Waals surface area contributed by atoms with Crippen molar-refractivity contribution in [3.8, 4) is 0 Å². The van der Waals surface area contributed by atoms with E-state index in [2.05, 4.69) is 16.0 Å². The molecule has 1 fully saturated rings. The molecular formula is C17H19N3O2S. The minimum Gasteiger partial charge on any atom is -0.335 e. The molecule has 3 amide bonds. The van der Waals surface area contributed by atoms with E-state index < -0.39 is 0 Å². The first-order chi connectivity index (χ1) is 11.2. The number of nitrogens with one attached hydrogen (secondary N) is 3. The second-order valence-electron chi connectivity index (χ2n) is 5.58. The lowest BCUT2D eigenvalue weighted by Crippen LogP contribution is -2.30. The van der Waals surface area contributed by atoms with Crippen LogP contribution >= 0.6 is 11.3 Å². The number of hydrogen-bond donors (Lipinski definition) is 3. The van der Waals surface area contributed by atoms with E-state index in [1.807, 2.05) is 17.5 Å². The fourth-order valence-electron chi connectivity index (χ4n) is 2.13. The fourth-order valence-corrected chi connectivity index (χ4v) is 2.84. The molecular weight excluding hydrogens is 310 g/mol. The van der Waals surface area contributed by atoms with E-state index in [1.165, 1.54) is 4.88 Å². The molecule has 1 aromatic heterocycles. The predicted molar refractivity (Wildman–Crippen MR) is 92.9 cm³/mol. The van der Waals surface area contributed by atoms with Crippen molar-refractivity contribution in [2.75, 3.05) is 10.6 Å². The molecule has 0 bridgehead atoms. The van der Waals surface area contributed by atoms with Crippen LogP contribution in [0.15, 0.2) is 41.8 Å². The van der Waals surface area contributed by atoms with Gasteiger partial charge in [0.25, 0.3) is 0 Å². The van der Waals surface area contributed by atoms with Gasteiger partial charge < -0.3 is 16.0 Å². The van der Waals surface area contributed by atoms with Crippen LogP contribution in [0.2, 0.25) is 0 Å². The first-order valence-corrected chi connectivity index (χ1v) is 8.57. The van der Waals surface area contributed by atoms with E-state index in [9.17, 15) is 9.59 Å². The highest BCUT2D eigenvalue weighted by Crippen LogP contribution is 2.19. The summed E-state index contributed by atoms with van der Waals surface area (Å²) in [6.45, 7) is 0. The van der Waals surface area contributed by atoms with E-state index in [1.54, 1.807) is 35.6 Å². The maximum Gasteiger partial charge on any atom is 0.319 e. The molecule has 1 aliphatic carbocycles. The average Bonchev–Trinajstić information content (AvgIpc) is 3.18. The molecule has 3 rings (SSSR count). The lowest BCUT2D eigenvalue weighted by Gasteiger charge is -2.08. The zero-order valence-corrected chi connectivity index (χ0v) is 13.5. The summed E-state index contributed by atoms with van der Waals surface area (Å²) >= 11 is 1.66. The van der Waals surface area contributed by atoms with Crippen molar-refractivity contribution in [1.82, 2.24) is 5.32 Å². The van der Waals surface area contributed by atoms with Crippen molar-refractivity contribution in [3.63, 3.8) is 0 Å². The van der Waals surface area contributed by atoms with Gasteiger partial charge in [-0.05, 0) is 55.0 Å². The van der Waals surface area contributed by atoms with Crippen LogP contribution in [0.25, 0.3) is 0 Å². The van der Waals surface area contributed by atoms with Crippen molar-refractivity contribution in [2.45, 2.75) is 31.7 Å². The topological polar surface area (TPSA) is 70.2 Å². The molecule has 2 aromatic rings. The maximum atomic E-state index is 11.9. The van der Waals surface area contributed by atoms with Crippen molar-refractivity contribution in [2.24, 2.45) is 0 Å². The van der Waals surface area contributed by atoms with Gasteiger partial charge in [-0.3, -0.25) is 4.79 Å². The molecule has 1 saturated carbocycles. The SMILES string of the molecule is O=C(CCc1cccs1)Nc1ccc(NC(=O)NC2CC2)cc1. The molecule has 6 heteroatoms. The molecule has 0 saturated heterocycles. The van der Waals surface area contributed by atoms with Gasteiger partial charge in [0, 0.05) is 28.7 Å². The van der Waals surface area contributed by atoms with Crippen LogP contribution in [0, 0.1) is 0 Å². The van der Waals surface area contributed by atoms with Crippen LogP contribution < -0.4 is 16.0 Å². The summed E-state index contributed by atoms with van der Waals surface area (Å²) in [5, 5.41) is 10.5. The van der Waals surface area contributed by atoms with Crippen LogP contribution in [0.4, 0.5) is 16.2 Å². The third kappa shape index (κ3) is 5.10. The van der Waals surface area contributed by atoms with Crippen LogP contribution in [0.5, 0.6) is 0 Å². The quantitative estimate of drug-likeness (QED) is 0.758. The Balaban J connectivity index is 1.44. The van der Waals surface area contributed by atoms with Gasteiger partial charge in [0.05, 0.1) is 0 Å². The summed E-state index contributed by atoms with van der Waals surface area (Å²) in [5.41, 5.74) is 1.44. The number of carbonyl (C=O) groups excluding carboxylic acids is 2. The van der Waals surface area contributed by atoms with Crippen molar-refractivity contribution < 1.29 is 9.59 Å². The van der Waals surface area contributed by atoms with E-state index in [0.717, 1.165) is 24.9 Å². The van der Waals surface area contributed by atoms with Crippen molar-refractivity contribution in [1.29, 1.82) is 0 Å². The van der Waals surface area contributed by atoms with Gasteiger partial charge in [-0.25, -0.2) is 4.79 Å². The van der Waals surface area contributed by atoms with Gasteiger partial charge in [0.2, 0.25) is 5.91 Å². The number of hydrogen-bond acceptors (Lipinski definition) is 3. The zero-order valence-electron chi connectivity index (χ0n) is 12.7. The summed E-state index contributed by atoms with van der Waals surface area (Å²) in [6.07, 6.45) is 3.34. The van der Waals surface area contributed by atoms with Crippen LogP contribution in [0.3, 0.4) is 0 Å². The highest BCUT2D eigenvalue weighted by Gasteiger charge is 2.23. The lowest BCUT2D eigenvalue weighted by molar-refractivity contribution is -0.116. The molecule has 0 radical (unpaired) electrons. The second-order valence-corrected chi connectivity index (χ2v) is 6.61. The van der Waals surface area contributed by atoms with E-state index >= 15 is 0 Å². The highest BCUT2D eigenvalue weighted by atomic mass is 32.1. The number of carbonyl (C=O) groups is 2. The molecule has 1 heterocycles. The smallest absolute Gasteiger partial charge is 0.319 e. The zero-order chi connectivity index (χ0) is 16.1. The maximum absolute atomic E-state index is 11.9. The normalized spacial score (nSPS) is 13.4. The number of rotatable bonds is 6. The Hall–Kier alpha value is -2.34.